The summed E-state index contributed by atoms with van der Waals surface area (Å²) in [6.07, 6.45) is 0.107. The summed E-state index contributed by atoms with van der Waals surface area (Å²) in [5, 5.41) is 7.12. The second-order valence-electron chi connectivity index (χ2n) is 6.89. The highest BCUT2D eigenvalue weighted by atomic mass is 16.3. The summed E-state index contributed by atoms with van der Waals surface area (Å²) in [6, 6.07) is 4.92. The highest BCUT2D eigenvalue weighted by molar-refractivity contribution is 6.06. The minimum atomic E-state index is -1.07. The summed E-state index contributed by atoms with van der Waals surface area (Å²) >= 11 is 0. The smallest absolute Gasteiger partial charge is 0.309 e. The lowest BCUT2D eigenvalue weighted by Crippen LogP contribution is -2.82. The second kappa shape index (κ2) is 9.72. The lowest BCUT2D eigenvalue weighted by Gasteiger charge is -2.24. The van der Waals surface area contributed by atoms with E-state index in [0.717, 1.165) is 9.91 Å². The molecule has 160 valence electrons. The molecule has 1 aromatic carbocycles. The van der Waals surface area contributed by atoms with Crippen molar-refractivity contribution in [1.29, 1.82) is 0 Å². The predicted molar refractivity (Wildman–Crippen MR) is 104 cm³/mol. The predicted octanol–water partition coefficient (Wildman–Crippen LogP) is -1.67. The quantitative estimate of drug-likeness (QED) is 0.340. The number of anilines is 1. The lowest BCUT2D eigenvalue weighted by atomic mass is 10.2. The van der Waals surface area contributed by atoms with Crippen LogP contribution >= 0.6 is 0 Å². The van der Waals surface area contributed by atoms with Crippen LogP contribution in [0.2, 0.25) is 0 Å². The maximum atomic E-state index is 12.5. The van der Waals surface area contributed by atoms with Crippen LogP contribution in [0.5, 0.6) is 0 Å². The van der Waals surface area contributed by atoms with Crippen LogP contribution in [-0.2, 0) is 24.0 Å². The van der Waals surface area contributed by atoms with E-state index in [0.29, 0.717) is 5.69 Å². The van der Waals surface area contributed by atoms with Crippen molar-refractivity contribution < 1.29 is 29.3 Å². The molecule has 1 aromatic rings. The molecule has 0 unspecified atom stereocenters. The van der Waals surface area contributed by atoms with E-state index in [1.165, 1.54) is 26.1 Å². The van der Waals surface area contributed by atoms with E-state index >= 15 is 0 Å². The molecule has 11 nitrogen and oxygen atoms in total. The molecule has 1 heterocycles. The average Bonchev–Trinajstić information content (AvgIpc) is 3.06. The SMILES string of the molecule is C[C@H](NC(=O)[C@H](C)N1C(=O)CCC1=O)C(=O)N[C@@H](C)C(=O)N([NH+]=O)c1ccccc1. The second-order valence-corrected chi connectivity index (χ2v) is 6.89. The Hall–Kier alpha value is -3.63. The van der Waals surface area contributed by atoms with Gasteiger partial charge in [0.2, 0.25) is 23.6 Å². The van der Waals surface area contributed by atoms with E-state index < -0.39 is 47.7 Å². The van der Waals surface area contributed by atoms with Gasteiger partial charge in [0.25, 0.3) is 0 Å². The number of para-hydroxylation sites is 1. The van der Waals surface area contributed by atoms with Crippen molar-refractivity contribution in [3.63, 3.8) is 0 Å². The average molecular weight is 418 g/mol. The van der Waals surface area contributed by atoms with Crippen molar-refractivity contribution in [3.8, 4) is 0 Å². The Morgan fingerprint density at radius 3 is 2.00 bits per heavy atom. The van der Waals surface area contributed by atoms with Crippen molar-refractivity contribution in [1.82, 2.24) is 15.5 Å². The Labute approximate surface area is 172 Å². The standard InChI is InChI=1S/C19H23N5O6/c1-11(20-18(28)13(3)23-15(25)9-10-16(23)26)17(27)21-12(2)19(29)24(22-30)14-7-5-4-6-8-14/h4-8,11-13H,9-10H2,1-3H3,(H,20,28)(H,21,27)/p+1/t11-,12-,13-/m0/s1. The first kappa shape index (κ1) is 22.7. The van der Waals surface area contributed by atoms with E-state index in [4.69, 9.17) is 0 Å². The highest BCUT2D eigenvalue weighted by Gasteiger charge is 2.37. The van der Waals surface area contributed by atoms with Gasteiger partial charge in [-0.15, -0.1) is 0 Å². The lowest BCUT2D eigenvalue weighted by molar-refractivity contribution is -0.484. The number of rotatable bonds is 8. The maximum absolute atomic E-state index is 12.5. The summed E-state index contributed by atoms with van der Waals surface area (Å²) in [7, 11) is 0. The summed E-state index contributed by atoms with van der Waals surface area (Å²) < 4.78 is 0. The first-order valence-corrected chi connectivity index (χ1v) is 9.39. The monoisotopic (exact) mass is 418 g/mol. The van der Waals surface area contributed by atoms with Gasteiger partial charge in [0.05, 0.1) is 0 Å². The van der Waals surface area contributed by atoms with E-state index in [9.17, 15) is 28.9 Å². The van der Waals surface area contributed by atoms with Crippen LogP contribution in [0.15, 0.2) is 30.3 Å². The first-order chi connectivity index (χ1) is 14.2. The molecule has 0 aromatic heterocycles. The van der Waals surface area contributed by atoms with Crippen molar-refractivity contribution in [2.45, 2.75) is 51.7 Å². The number of carbonyl (C=O) groups excluding carboxylic acids is 5. The highest BCUT2D eigenvalue weighted by Crippen LogP contribution is 2.15. The molecule has 1 aliphatic rings. The number of amides is 5. The molecule has 0 bridgehead atoms. The van der Waals surface area contributed by atoms with Gasteiger partial charge in [-0.1, -0.05) is 18.2 Å². The number of nitrogens with zero attached hydrogens (tertiary/aromatic N) is 2. The molecule has 11 heteroatoms. The van der Waals surface area contributed by atoms with Gasteiger partial charge in [0.1, 0.15) is 29.1 Å². The third-order valence-electron chi connectivity index (χ3n) is 4.66. The van der Waals surface area contributed by atoms with Gasteiger partial charge in [-0.05, 0) is 37.9 Å². The Morgan fingerprint density at radius 2 is 1.47 bits per heavy atom. The Kier molecular flexibility index (Phi) is 7.34. The topological polar surface area (TPSA) is 147 Å². The number of hydrazine groups is 1. The van der Waals surface area contributed by atoms with E-state index in [1.54, 1.807) is 30.3 Å². The largest absolute Gasteiger partial charge is 0.343 e. The molecular weight excluding hydrogens is 394 g/mol. The number of benzene rings is 1. The molecule has 1 saturated heterocycles. The number of imide groups is 1. The Balaban J connectivity index is 1.95. The fraction of sp³-hybridized carbons (Fsp3) is 0.421. The van der Waals surface area contributed by atoms with E-state index in [-0.39, 0.29) is 12.8 Å². The van der Waals surface area contributed by atoms with Crippen LogP contribution in [-0.4, -0.2) is 52.6 Å². The molecule has 1 aliphatic heterocycles. The number of nitroso groups, excluding NO2 is 1. The van der Waals surface area contributed by atoms with Crippen LogP contribution in [0.3, 0.4) is 0 Å². The molecule has 0 saturated carbocycles. The van der Waals surface area contributed by atoms with Gasteiger partial charge in [0.15, 0.2) is 0 Å². The summed E-state index contributed by atoms with van der Waals surface area (Å²) in [4.78, 5) is 72.8. The Morgan fingerprint density at radius 1 is 0.933 bits per heavy atom. The number of hydrogen-bond acceptors (Lipinski definition) is 6. The molecule has 3 N–H and O–H groups in total. The van der Waals surface area contributed by atoms with Gasteiger partial charge < -0.3 is 10.6 Å². The van der Waals surface area contributed by atoms with E-state index in [2.05, 4.69) is 10.6 Å². The third-order valence-corrected chi connectivity index (χ3v) is 4.66. The fourth-order valence-electron chi connectivity index (χ4n) is 2.94. The molecule has 3 atom stereocenters. The molecular formula is C19H24N5O6+. The zero-order valence-corrected chi connectivity index (χ0v) is 16.9. The van der Waals surface area contributed by atoms with Crippen molar-refractivity contribution in [3.05, 3.63) is 35.2 Å². The normalized spacial score (nSPS) is 16.4. The van der Waals surface area contributed by atoms with E-state index in [1.807, 2.05) is 0 Å². The van der Waals surface area contributed by atoms with Gasteiger partial charge in [-0.2, -0.15) is 0 Å². The van der Waals surface area contributed by atoms with Crippen molar-refractivity contribution in [2.24, 2.45) is 0 Å². The van der Waals surface area contributed by atoms with Gasteiger partial charge in [-0.25, -0.2) is 0 Å². The number of likely N-dealkylation sites (tertiary alicyclic amines) is 1. The van der Waals surface area contributed by atoms with Crippen LogP contribution < -0.4 is 20.9 Å². The number of carbonyl (C=O) groups is 5. The molecule has 0 spiro atoms. The zero-order chi connectivity index (χ0) is 22.4. The molecule has 2 rings (SSSR count). The fourth-order valence-corrected chi connectivity index (χ4v) is 2.94. The minimum absolute atomic E-state index is 0.0534. The van der Waals surface area contributed by atoms with Crippen LogP contribution in [0.25, 0.3) is 0 Å². The molecule has 30 heavy (non-hydrogen) atoms. The van der Waals surface area contributed by atoms with Crippen LogP contribution in [0, 0.1) is 4.91 Å². The van der Waals surface area contributed by atoms with Gasteiger partial charge >= 0.3 is 5.91 Å². The number of hydrogen-bond donors (Lipinski definition) is 3. The summed E-state index contributed by atoms with van der Waals surface area (Å²) in [6.45, 7) is 4.18. The summed E-state index contributed by atoms with van der Waals surface area (Å²) in [5.41, 5.74) is 0.300. The van der Waals surface area contributed by atoms with Crippen molar-refractivity contribution in [2.75, 3.05) is 5.01 Å². The third kappa shape index (κ3) is 5.04. The number of nitrogens with one attached hydrogen (secondary N) is 3. The van der Waals surface area contributed by atoms with Crippen molar-refractivity contribution >= 4 is 35.2 Å². The zero-order valence-electron chi connectivity index (χ0n) is 16.9. The maximum Gasteiger partial charge on any atom is 0.309 e. The van der Waals surface area contributed by atoms with Gasteiger partial charge in [-0.3, -0.25) is 28.9 Å². The summed E-state index contributed by atoms with van der Waals surface area (Å²) in [5.74, 6) is -2.93. The van der Waals surface area contributed by atoms with Gasteiger partial charge in [0, 0.05) is 17.7 Å². The molecule has 5 amide bonds. The van der Waals surface area contributed by atoms with Crippen LogP contribution in [0.4, 0.5) is 5.69 Å². The van der Waals surface area contributed by atoms with Crippen LogP contribution in [0.1, 0.15) is 33.6 Å². The Bertz CT molecular complexity index is 842. The first-order valence-electron chi connectivity index (χ1n) is 9.39. The molecule has 0 radical (unpaired) electrons. The minimum Gasteiger partial charge on any atom is -0.343 e. The molecule has 1 fully saturated rings. The molecule has 0 aliphatic carbocycles.